The molecule has 0 saturated heterocycles. The van der Waals surface area contributed by atoms with E-state index in [9.17, 15) is 14.4 Å². The molecule has 0 spiro atoms. The van der Waals surface area contributed by atoms with E-state index >= 15 is 0 Å². The predicted octanol–water partition coefficient (Wildman–Crippen LogP) is 5.73. The Morgan fingerprint density at radius 1 is 0.905 bits per heavy atom. The molecule has 0 aliphatic carbocycles. The Balaban J connectivity index is 1.28. The van der Waals surface area contributed by atoms with Gasteiger partial charge >= 0.3 is 0 Å². The number of nitrogens with zero attached hydrogens (tertiary/aromatic N) is 1. The minimum absolute atomic E-state index is 0.0597. The fourth-order valence-electron chi connectivity index (χ4n) is 4.10. The summed E-state index contributed by atoms with van der Waals surface area (Å²) in [5.74, 6) is 0.170. The molecule has 4 aromatic rings. The van der Waals surface area contributed by atoms with Crippen LogP contribution in [0.25, 0.3) is 6.08 Å². The normalized spacial score (nSPS) is 12.7. The van der Waals surface area contributed by atoms with E-state index in [1.807, 2.05) is 19.1 Å². The summed E-state index contributed by atoms with van der Waals surface area (Å²) in [6, 6.07) is 24.7. The lowest BCUT2D eigenvalue weighted by atomic mass is 10.2. The molecule has 0 saturated carbocycles. The summed E-state index contributed by atoms with van der Waals surface area (Å²) in [5, 5.41) is 8.14. The maximum atomic E-state index is 13.4. The molecule has 1 unspecified atom stereocenters. The van der Waals surface area contributed by atoms with Crippen molar-refractivity contribution in [3.63, 3.8) is 0 Å². The molecule has 1 aliphatic rings. The van der Waals surface area contributed by atoms with E-state index < -0.39 is 11.8 Å². The van der Waals surface area contributed by atoms with Crippen LogP contribution in [0, 0.1) is 0 Å². The Morgan fingerprint density at radius 2 is 1.71 bits per heavy atom. The van der Waals surface area contributed by atoms with Crippen LogP contribution in [0.15, 0.2) is 108 Å². The maximum absolute atomic E-state index is 13.4. The molecule has 0 bridgehead atoms. The zero-order valence-corrected chi connectivity index (χ0v) is 23.5. The van der Waals surface area contributed by atoms with Gasteiger partial charge in [0, 0.05) is 40.3 Å². The molecule has 0 radical (unpaired) electrons. The average molecular weight is 581 g/mol. The molecule has 3 N–H and O–H groups in total. The van der Waals surface area contributed by atoms with E-state index in [1.54, 1.807) is 91.3 Å². The van der Waals surface area contributed by atoms with Gasteiger partial charge in [-0.15, -0.1) is 11.8 Å². The Kier molecular flexibility index (Phi) is 9.15. The second-order valence-electron chi connectivity index (χ2n) is 9.22. The number of thioether (sulfide) groups is 1. The molecule has 1 aliphatic heterocycles. The van der Waals surface area contributed by atoms with Gasteiger partial charge in [0.15, 0.2) is 11.5 Å². The van der Waals surface area contributed by atoms with Crippen molar-refractivity contribution < 1.29 is 23.9 Å². The number of amides is 3. The predicted molar refractivity (Wildman–Crippen MR) is 162 cm³/mol. The molecular weight excluding hydrogens is 552 g/mol. The lowest BCUT2D eigenvalue weighted by molar-refractivity contribution is -0.116. The quantitative estimate of drug-likeness (QED) is 0.162. The van der Waals surface area contributed by atoms with Crippen molar-refractivity contribution in [2.24, 2.45) is 0 Å². The summed E-state index contributed by atoms with van der Waals surface area (Å²) in [5.41, 5.74) is 2.27. The van der Waals surface area contributed by atoms with Crippen LogP contribution in [0.4, 0.5) is 11.4 Å². The van der Waals surface area contributed by atoms with E-state index in [1.165, 1.54) is 11.8 Å². The summed E-state index contributed by atoms with van der Waals surface area (Å²) in [4.78, 5) is 44.2. The van der Waals surface area contributed by atoms with Gasteiger partial charge < -0.3 is 25.4 Å². The Hall–Kier alpha value is -5.09. The number of hydrogen-bond acceptors (Lipinski definition) is 7. The second-order valence-corrected chi connectivity index (χ2v) is 10.5. The molecule has 3 amide bonds. The van der Waals surface area contributed by atoms with Crippen LogP contribution < -0.4 is 25.4 Å². The van der Waals surface area contributed by atoms with Gasteiger partial charge in [0.2, 0.25) is 12.7 Å². The molecule has 42 heavy (non-hydrogen) atoms. The molecule has 9 nitrogen and oxygen atoms in total. The number of fused-ring (bicyclic) bond motifs is 1. The van der Waals surface area contributed by atoms with Crippen LogP contribution in [0.1, 0.15) is 29.3 Å². The first-order valence-corrected chi connectivity index (χ1v) is 14.1. The molecule has 5 rings (SSSR count). The van der Waals surface area contributed by atoms with E-state index in [4.69, 9.17) is 9.47 Å². The first kappa shape index (κ1) is 28.4. The van der Waals surface area contributed by atoms with Crippen LogP contribution in [-0.4, -0.2) is 34.7 Å². The fourth-order valence-corrected chi connectivity index (χ4v) is 5.11. The molecule has 212 valence electrons. The van der Waals surface area contributed by atoms with E-state index in [0.29, 0.717) is 40.4 Å². The van der Waals surface area contributed by atoms with Crippen molar-refractivity contribution in [1.82, 2.24) is 10.3 Å². The number of carbonyl (C=O) groups excluding carboxylic acids is 3. The Bertz CT molecular complexity index is 1610. The molecule has 3 aromatic carbocycles. The van der Waals surface area contributed by atoms with Crippen LogP contribution >= 0.6 is 11.8 Å². The standard InChI is InChI=1S/C32H28N4O5S/c1-2-29(32(39)35-24-13-14-27-28(18-24)41-20-40-27)42-25-12-6-11-23(17-25)34-31(38)26(16-21-8-7-15-33-19-21)36-30(37)22-9-4-3-5-10-22/h3-19,29H,2,20H2,1H3,(H,34,38)(H,35,39)(H,36,37)/b26-16-. The number of anilines is 2. The Morgan fingerprint density at radius 3 is 2.50 bits per heavy atom. The van der Waals surface area contributed by atoms with Crippen molar-refractivity contribution >= 4 is 46.9 Å². The number of benzene rings is 3. The van der Waals surface area contributed by atoms with Gasteiger partial charge in [-0.25, -0.2) is 0 Å². The van der Waals surface area contributed by atoms with E-state index in [0.717, 1.165) is 4.90 Å². The van der Waals surface area contributed by atoms with Crippen LogP contribution in [-0.2, 0) is 9.59 Å². The summed E-state index contributed by atoms with van der Waals surface area (Å²) in [7, 11) is 0. The monoisotopic (exact) mass is 580 g/mol. The molecule has 10 heteroatoms. The number of rotatable bonds is 10. The van der Waals surface area contributed by atoms with Crippen molar-refractivity contribution in [2.45, 2.75) is 23.5 Å². The third-order valence-electron chi connectivity index (χ3n) is 6.20. The highest BCUT2D eigenvalue weighted by molar-refractivity contribution is 8.00. The lowest BCUT2D eigenvalue weighted by Crippen LogP contribution is -2.30. The van der Waals surface area contributed by atoms with Crippen LogP contribution in [0.3, 0.4) is 0 Å². The van der Waals surface area contributed by atoms with Gasteiger partial charge in [0.05, 0.1) is 5.25 Å². The summed E-state index contributed by atoms with van der Waals surface area (Å²) >= 11 is 1.39. The van der Waals surface area contributed by atoms with Gasteiger partial charge in [-0.3, -0.25) is 19.4 Å². The van der Waals surface area contributed by atoms with Gasteiger partial charge in [-0.2, -0.15) is 0 Å². The van der Waals surface area contributed by atoms with Gasteiger partial charge in [0.1, 0.15) is 5.70 Å². The zero-order chi connectivity index (χ0) is 29.3. The second kappa shape index (κ2) is 13.5. The van der Waals surface area contributed by atoms with Gasteiger partial charge in [-0.05, 0) is 66.6 Å². The minimum atomic E-state index is -0.502. The topological polar surface area (TPSA) is 119 Å². The van der Waals surface area contributed by atoms with Crippen molar-refractivity contribution in [1.29, 1.82) is 0 Å². The minimum Gasteiger partial charge on any atom is -0.454 e. The number of pyridine rings is 1. The number of hydrogen-bond donors (Lipinski definition) is 3. The molecular formula is C32H28N4O5S. The molecule has 1 aromatic heterocycles. The van der Waals surface area contributed by atoms with Gasteiger partial charge in [-0.1, -0.05) is 37.3 Å². The highest BCUT2D eigenvalue weighted by Gasteiger charge is 2.21. The van der Waals surface area contributed by atoms with Crippen molar-refractivity contribution in [3.8, 4) is 11.5 Å². The SMILES string of the molecule is CCC(Sc1cccc(NC(=O)/C(=C/c2cccnc2)NC(=O)c2ccccc2)c1)C(=O)Nc1ccc2c(c1)OCO2. The highest BCUT2D eigenvalue weighted by atomic mass is 32.2. The molecule has 2 heterocycles. The third kappa shape index (κ3) is 7.35. The van der Waals surface area contributed by atoms with Gasteiger partial charge in [0.25, 0.3) is 11.8 Å². The number of ether oxygens (including phenoxy) is 2. The summed E-state index contributed by atoms with van der Waals surface area (Å²) in [6.07, 6.45) is 5.37. The largest absolute Gasteiger partial charge is 0.454 e. The van der Waals surface area contributed by atoms with Crippen molar-refractivity contribution in [2.75, 3.05) is 17.4 Å². The average Bonchev–Trinajstić information content (AvgIpc) is 3.48. The number of nitrogens with one attached hydrogen (secondary N) is 3. The third-order valence-corrected chi connectivity index (χ3v) is 7.56. The Labute approximate surface area is 247 Å². The fraction of sp³-hybridized carbons (Fsp3) is 0.125. The van der Waals surface area contributed by atoms with E-state index in [2.05, 4.69) is 20.9 Å². The molecule has 1 atom stereocenters. The number of carbonyl (C=O) groups is 3. The lowest BCUT2D eigenvalue weighted by Gasteiger charge is -2.16. The number of aromatic nitrogens is 1. The maximum Gasteiger partial charge on any atom is 0.272 e. The zero-order valence-electron chi connectivity index (χ0n) is 22.7. The summed E-state index contributed by atoms with van der Waals surface area (Å²) < 4.78 is 10.7. The first-order valence-electron chi connectivity index (χ1n) is 13.2. The van der Waals surface area contributed by atoms with E-state index in [-0.39, 0.29) is 23.6 Å². The molecule has 0 fully saturated rings. The van der Waals surface area contributed by atoms with Crippen molar-refractivity contribution in [3.05, 3.63) is 114 Å². The summed E-state index contributed by atoms with van der Waals surface area (Å²) in [6.45, 7) is 2.10. The van der Waals surface area contributed by atoms with Crippen LogP contribution in [0.5, 0.6) is 11.5 Å². The highest BCUT2D eigenvalue weighted by Crippen LogP contribution is 2.35. The smallest absolute Gasteiger partial charge is 0.272 e. The first-order chi connectivity index (χ1) is 20.5. The van der Waals surface area contributed by atoms with Crippen LogP contribution in [0.2, 0.25) is 0 Å².